The highest BCUT2D eigenvalue weighted by atomic mass is 16.4. The van der Waals surface area contributed by atoms with E-state index in [1.165, 1.54) is 0 Å². The van der Waals surface area contributed by atoms with Gasteiger partial charge in [0, 0.05) is 6.42 Å². The molecule has 0 heterocycles. The van der Waals surface area contributed by atoms with Gasteiger partial charge in [-0.25, -0.2) is 4.79 Å². The number of carboxylic acid groups (broad SMARTS) is 1. The second kappa shape index (κ2) is 7.22. The number of carbonyl (C=O) groups excluding carboxylic acids is 3. The lowest BCUT2D eigenvalue weighted by atomic mass is 10.1. The molecule has 9 heteroatoms. The molecule has 0 aromatic rings. The number of nitrogens with two attached hydrogens (primary N) is 3. The molecule has 3 amide bonds. The van der Waals surface area contributed by atoms with E-state index in [1.807, 2.05) is 0 Å². The molecule has 0 aromatic carbocycles. The van der Waals surface area contributed by atoms with Crippen LogP contribution in [0.25, 0.3) is 0 Å². The Labute approximate surface area is 103 Å². The minimum absolute atomic E-state index is 0.153. The molecule has 18 heavy (non-hydrogen) atoms. The summed E-state index contributed by atoms with van der Waals surface area (Å²) in [5, 5.41) is 10.9. The maximum absolute atomic E-state index is 11.4. The van der Waals surface area contributed by atoms with E-state index in [-0.39, 0.29) is 12.8 Å². The Morgan fingerprint density at radius 3 is 2.06 bits per heavy atom. The fourth-order valence-electron chi connectivity index (χ4n) is 1.13. The smallest absolute Gasteiger partial charge is 0.326 e. The van der Waals surface area contributed by atoms with Crippen LogP contribution < -0.4 is 22.5 Å². The van der Waals surface area contributed by atoms with E-state index in [4.69, 9.17) is 22.3 Å². The van der Waals surface area contributed by atoms with Gasteiger partial charge in [0.25, 0.3) is 0 Å². The lowest BCUT2D eigenvalue weighted by molar-refractivity contribution is -0.142. The molecule has 0 aromatic heterocycles. The predicted molar refractivity (Wildman–Crippen MR) is 59.8 cm³/mol. The minimum atomic E-state index is -1.32. The summed E-state index contributed by atoms with van der Waals surface area (Å²) in [6.07, 6.45) is -0.740. The molecule has 2 atom stereocenters. The molecule has 0 radical (unpaired) electrons. The topological polar surface area (TPSA) is 179 Å². The average Bonchev–Trinajstić information content (AvgIpc) is 2.21. The van der Waals surface area contributed by atoms with Gasteiger partial charge in [0.05, 0.1) is 12.5 Å². The zero-order valence-corrected chi connectivity index (χ0v) is 9.59. The van der Waals surface area contributed by atoms with Gasteiger partial charge in [0.15, 0.2) is 0 Å². The Hall–Kier alpha value is -2.16. The summed E-state index contributed by atoms with van der Waals surface area (Å²) in [6.45, 7) is 0. The molecule has 0 saturated carbocycles. The molecule has 102 valence electrons. The quantitative estimate of drug-likeness (QED) is 0.310. The monoisotopic (exact) mass is 260 g/mol. The predicted octanol–water partition coefficient (Wildman–Crippen LogP) is -2.98. The first kappa shape index (κ1) is 15.8. The number of nitrogens with one attached hydrogen (secondary N) is 1. The Kier molecular flexibility index (Phi) is 6.35. The summed E-state index contributed by atoms with van der Waals surface area (Å²) in [4.78, 5) is 43.3. The van der Waals surface area contributed by atoms with Crippen LogP contribution in [0, 0.1) is 0 Å². The molecular formula is C9H16N4O5. The number of carbonyl (C=O) groups is 4. The van der Waals surface area contributed by atoms with Crippen molar-refractivity contribution in [3.05, 3.63) is 0 Å². The third-order valence-electron chi connectivity index (χ3n) is 2.05. The standard InChI is InChI=1S/C9H16N4O5/c10-4(3-7(12)15)8(16)13-5(9(17)18)1-2-6(11)14/h4-5H,1-3,10H2,(H2,11,14)(H2,12,15)(H,13,16)(H,17,18)/t4?,5-/m1/s1. The molecule has 0 spiro atoms. The van der Waals surface area contributed by atoms with Gasteiger partial charge in [-0.2, -0.15) is 0 Å². The van der Waals surface area contributed by atoms with Crippen molar-refractivity contribution in [1.82, 2.24) is 5.32 Å². The molecule has 8 N–H and O–H groups in total. The Bertz CT molecular complexity index is 357. The fraction of sp³-hybridized carbons (Fsp3) is 0.556. The number of hydrogen-bond donors (Lipinski definition) is 5. The molecule has 0 saturated heterocycles. The normalized spacial score (nSPS) is 13.4. The Morgan fingerprint density at radius 1 is 1.11 bits per heavy atom. The SMILES string of the molecule is NC(=O)CC[C@@H](NC(=O)C(N)CC(N)=O)C(=O)O. The van der Waals surface area contributed by atoms with Gasteiger partial charge in [-0.3, -0.25) is 14.4 Å². The highest BCUT2D eigenvalue weighted by Gasteiger charge is 2.24. The molecule has 0 aliphatic rings. The highest BCUT2D eigenvalue weighted by Crippen LogP contribution is 1.99. The first-order chi connectivity index (χ1) is 8.23. The van der Waals surface area contributed by atoms with E-state index < -0.39 is 42.2 Å². The van der Waals surface area contributed by atoms with Gasteiger partial charge in [0.1, 0.15) is 6.04 Å². The summed E-state index contributed by atoms with van der Waals surface area (Å²) in [5.74, 6) is -3.61. The van der Waals surface area contributed by atoms with Gasteiger partial charge in [0.2, 0.25) is 17.7 Å². The first-order valence-electron chi connectivity index (χ1n) is 5.09. The van der Waals surface area contributed by atoms with E-state index in [0.717, 1.165) is 0 Å². The van der Waals surface area contributed by atoms with Gasteiger partial charge in [-0.1, -0.05) is 0 Å². The van der Waals surface area contributed by atoms with Crippen molar-refractivity contribution in [1.29, 1.82) is 0 Å². The van der Waals surface area contributed by atoms with Gasteiger partial charge in [-0.15, -0.1) is 0 Å². The van der Waals surface area contributed by atoms with Crippen LogP contribution in [-0.4, -0.2) is 40.9 Å². The summed E-state index contributed by atoms with van der Waals surface area (Å²) in [5.41, 5.74) is 15.0. The van der Waals surface area contributed by atoms with Crippen LogP contribution in [0.2, 0.25) is 0 Å². The Morgan fingerprint density at radius 2 is 1.67 bits per heavy atom. The van der Waals surface area contributed by atoms with Crippen molar-refractivity contribution < 1.29 is 24.3 Å². The van der Waals surface area contributed by atoms with Crippen LogP contribution in [0.4, 0.5) is 0 Å². The van der Waals surface area contributed by atoms with Gasteiger partial charge in [-0.05, 0) is 6.42 Å². The number of hydrogen-bond acceptors (Lipinski definition) is 5. The second-order valence-electron chi connectivity index (χ2n) is 3.68. The molecule has 0 fully saturated rings. The molecule has 1 unspecified atom stereocenters. The van der Waals surface area contributed by atoms with Crippen molar-refractivity contribution in [2.45, 2.75) is 31.3 Å². The fourth-order valence-corrected chi connectivity index (χ4v) is 1.13. The third kappa shape index (κ3) is 6.43. The summed E-state index contributed by atoms with van der Waals surface area (Å²) in [7, 11) is 0. The van der Waals surface area contributed by atoms with Crippen LogP contribution in [0.5, 0.6) is 0 Å². The number of aliphatic carboxylic acids is 1. The molecular weight excluding hydrogens is 244 g/mol. The summed E-state index contributed by atoms with van der Waals surface area (Å²) < 4.78 is 0. The zero-order chi connectivity index (χ0) is 14.3. The van der Waals surface area contributed by atoms with Crippen molar-refractivity contribution in [2.75, 3.05) is 0 Å². The van der Waals surface area contributed by atoms with Crippen LogP contribution in [0.15, 0.2) is 0 Å². The van der Waals surface area contributed by atoms with E-state index in [0.29, 0.717) is 0 Å². The van der Waals surface area contributed by atoms with Crippen LogP contribution in [0.1, 0.15) is 19.3 Å². The van der Waals surface area contributed by atoms with Crippen LogP contribution in [-0.2, 0) is 19.2 Å². The third-order valence-corrected chi connectivity index (χ3v) is 2.05. The number of rotatable bonds is 8. The minimum Gasteiger partial charge on any atom is -0.480 e. The average molecular weight is 260 g/mol. The molecule has 0 aliphatic heterocycles. The highest BCUT2D eigenvalue weighted by molar-refractivity contribution is 5.90. The zero-order valence-electron chi connectivity index (χ0n) is 9.59. The molecule has 0 aliphatic carbocycles. The van der Waals surface area contributed by atoms with Crippen molar-refractivity contribution in [3.63, 3.8) is 0 Å². The lowest BCUT2D eigenvalue weighted by Crippen LogP contribution is -2.49. The van der Waals surface area contributed by atoms with Crippen LogP contribution >= 0.6 is 0 Å². The van der Waals surface area contributed by atoms with Crippen LogP contribution in [0.3, 0.4) is 0 Å². The van der Waals surface area contributed by atoms with Gasteiger partial charge < -0.3 is 27.6 Å². The van der Waals surface area contributed by atoms with Gasteiger partial charge >= 0.3 is 5.97 Å². The van der Waals surface area contributed by atoms with E-state index in [2.05, 4.69) is 5.32 Å². The molecule has 0 rings (SSSR count). The van der Waals surface area contributed by atoms with Crippen molar-refractivity contribution in [2.24, 2.45) is 17.2 Å². The largest absolute Gasteiger partial charge is 0.480 e. The van der Waals surface area contributed by atoms with Crippen molar-refractivity contribution in [3.8, 4) is 0 Å². The number of primary amides is 2. The summed E-state index contributed by atoms with van der Waals surface area (Å²) in [6, 6.07) is -2.51. The number of carboxylic acids is 1. The second-order valence-corrected chi connectivity index (χ2v) is 3.68. The van der Waals surface area contributed by atoms with E-state index >= 15 is 0 Å². The Balaban J connectivity index is 4.40. The number of amides is 3. The first-order valence-corrected chi connectivity index (χ1v) is 5.09. The molecule has 0 bridgehead atoms. The van der Waals surface area contributed by atoms with E-state index in [1.54, 1.807) is 0 Å². The lowest BCUT2D eigenvalue weighted by Gasteiger charge is -2.16. The summed E-state index contributed by atoms with van der Waals surface area (Å²) >= 11 is 0. The maximum atomic E-state index is 11.4. The van der Waals surface area contributed by atoms with Crippen molar-refractivity contribution >= 4 is 23.7 Å². The maximum Gasteiger partial charge on any atom is 0.326 e. The molecule has 9 nitrogen and oxygen atoms in total. The van der Waals surface area contributed by atoms with E-state index in [9.17, 15) is 19.2 Å².